The van der Waals surface area contributed by atoms with E-state index >= 15 is 0 Å². The van der Waals surface area contributed by atoms with Crippen LogP contribution in [0.4, 0.5) is 11.4 Å². The molecule has 0 spiro atoms. The van der Waals surface area contributed by atoms with Crippen LogP contribution in [0.15, 0.2) is 47.4 Å². The molecule has 0 saturated heterocycles. The normalized spacial score (nSPS) is 14.0. The van der Waals surface area contributed by atoms with Crippen molar-refractivity contribution in [3.63, 3.8) is 0 Å². The molecule has 7 nitrogen and oxygen atoms in total. The molecule has 0 aliphatic carbocycles. The minimum absolute atomic E-state index is 0.0645. The summed E-state index contributed by atoms with van der Waals surface area (Å²) in [6.45, 7) is 0.427. The number of anilines is 1. The van der Waals surface area contributed by atoms with Crippen LogP contribution in [0.3, 0.4) is 0 Å². The van der Waals surface area contributed by atoms with Gasteiger partial charge in [0.2, 0.25) is 0 Å². The maximum absolute atomic E-state index is 12.9. The molecule has 0 unspecified atom stereocenters. The highest BCUT2D eigenvalue weighted by molar-refractivity contribution is 7.90. The smallest absolute Gasteiger partial charge is 0.271 e. The van der Waals surface area contributed by atoms with Crippen molar-refractivity contribution in [2.24, 2.45) is 0 Å². The van der Waals surface area contributed by atoms with Crippen molar-refractivity contribution >= 4 is 27.1 Å². The average Bonchev–Trinajstić information content (AvgIpc) is 2.59. The zero-order valence-electron chi connectivity index (χ0n) is 13.5. The van der Waals surface area contributed by atoms with Gasteiger partial charge in [-0.15, -0.1) is 0 Å². The van der Waals surface area contributed by atoms with Crippen LogP contribution in [0.5, 0.6) is 0 Å². The second-order valence-corrected chi connectivity index (χ2v) is 7.95. The van der Waals surface area contributed by atoms with E-state index in [1.807, 2.05) is 0 Å². The van der Waals surface area contributed by atoms with E-state index in [-0.39, 0.29) is 22.1 Å². The summed E-state index contributed by atoms with van der Waals surface area (Å²) in [6, 6.07) is 10.3. The van der Waals surface area contributed by atoms with E-state index in [4.69, 9.17) is 0 Å². The number of amides is 1. The number of hydrogen-bond acceptors (Lipinski definition) is 5. The Kier molecular flexibility index (Phi) is 4.30. The first-order chi connectivity index (χ1) is 11.8. The van der Waals surface area contributed by atoms with Crippen molar-refractivity contribution < 1.29 is 18.1 Å². The lowest BCUT2D eigenvalue weighted by molar-refractivity contribution is -0.384. The predicted molar refractivity (Wildman–Crippen MR) is 92.6 cm³/mol. The first-order valence-electron chi connectivity index (χ1n) is 7.66. The van der Waals surface area contributed by atoms with Gasteiger partial charge >= 0.3 is 0 Å². The maximum Gasteiger partial charge on any atom is 0.271 e. The summed E-state index contributed by atoms with van der Waals surface area (Å²) in [5.41, 5.74) is 1.53. The molecule has 1 amide bonds. The highest BCUT2D eigenvalue weighted by Crippen LogP contribution is 2.32. The third kappa shape index (κ3) is 3.39. The number of sulfone groups is 1. The molecule has 0 bridgehead atoms. The number of carbonyl (C=O) groups is 1. The number of nitrogens with zero attached hydrogens (tertiary/aromatic N) is 2. The number of fused-ring (bicyclic) bond motifs is 1. The molecule has 130 valence electrons. The van der Waals surface area contributed by atoms with Gasteiger partial charge in [-0.1, -0.05) is 12.1 Å². The molecule has 0 fully saturated rings. The van der Waals surface area contributed by atoms with Gasteiger partial charge < -0.3 is 4.90 Å². The molecule has 1 heterocycles. The third-order valence-electron chi connectivity index (χ3n) is 4.15. The Hall–Kier alpha value is -2.74. The van der Waals surface area contributed by atoms with Crippen LogP contribution >= 0.6 is 0 Å². The van der Waals surface area contributed by atoms with Gasteiger partial charge in [0.05, 0.1) is 15.5 Å². The van der Waals surface area contributed by atoms with Crippen LogP contribution in [0.2, 0.25) is 0 Å². The molecule has 0 atom stereocenters. The second-order valence-electron chi connectivity index (χ2n) is 5.93. The molecule has 3 rings (SSSR count). The number of nitro benzene ring substituents is 1. The van der Waals surface area contributed by atoms with E-state index < -0.39 is 14.8 Å². The van der Waals surface area contributed by atoms with Gasteiger partial charge in [-0.25, -0.2) is 8.42 Å². The Bertz CT molecular complexity index is 969. The summed E-state index contributed by atoms with van der Waals surface area (Å²) in [5.74, 6) is -0.369. The number of benzene rings is 2. The summed E-state index contributed by atoms with van der Waals surface area (Å²) in [5, 5.41) is 11.0. The standard InChI is InChI=1S/C17H16N2O5S/c1-25(23,24)15-6-2-4-13(10-15)17(20)18-9-3-5-12-7-8-14(19(21)22)11-16(12)18/h2,4,6-8,10-11H,3,5,9H2,1H3. The van der Waals surface area contributed by atoms with Crippen LogP contribution < -0.4 is 4.90 Å². The highest BCUT2D eigenvalue weighted by atomic mass is 32.2. The molecule has 0 N–H and O–H groups in total. The van der Waals surface area contributed by atoms with E-state index in [1.165, 1.54) is 35.2 Å². The minimum Gasteiger partial charge on any atom is -0.308 e. The summed E-state index contributed by atoms with van der Waals surface area (Å²) < 4.78 is 23.4. The minimum atomic E-state index is -3.43. The van der Waals surface area contributed by atoms with Gasteiger partial charge in [0, 0.05) is 30.5 Å². The molecule has 25 heavy (non-hydrogen) atoms. The average molecular weight is 360 g/mol. The van der Waals surface area contributed by atoms with Gasteiger partial charge in [0.15, 0.2) is 9.84 Å². The summed E-state index contributed by atoms with van der Waals surface area (Å²) >= 11 is 0. The van der Waals surface area contributed by atoms with E-state index in [2.05, 4.69) is 0 Å². The number of aryl methyl sites for hydroxylation is 1. The summed E-state index contributed by atoms with van der Waals surface area (Å²) in [7, 11) is -3.43. The fourth-order valence-corrected chi connectivity index (χ4v) is 3.57. The SMILES string of the molecule is CS(=O)(=O)c1cccc(C(=O)N2CCCc3ccc([N+](=O)[O-])cc32)c1. The quantitative estimate of drug-likeness (QED) is 0.619. The number of rotatable bonds is 3. The fourth-order valence-electron chi connectivity index (χ4n) is 2.90. The molecule has 0 saturated carbocycles. The Morgan fingerprint density at radius 1 is 1.20 bits per heavy atom. The van der Waals surface area contributed by atoms with E-state index in [0.29, 0.717) is 12.2 Å². The van der Waals surface area contributed by atoms with Crippen molar-refractivity contribution in [3.05, 3.63) is 63.7 Å². The maximum atomic E-state index is 12.9. The fraction of sp³-hybridized carbons (Fsp3) is 0.235. The van der Waals surface area contributed by atoms with Gasteiger partial charge in [0.1, 0.15) is 0 Å². The topological polar surface area (TPSA) is 97.6 Å². The Morgan fingerprint density at radius 2 is 1.96 bits per heavy atom. The lowest BCUT2D eigenvalue weighted by atomic mass is 10.00. The van der Waals surface area contributed by atoms with Crippen LogP contribution in [0.1, 0.15) is 22.3 Å². The molecule has 2 aromatic rings. The molecule has 0 aromatic heterocycles. The molecule has 1 aliphatic heterocycles. The van der Waals surface area contributed by atoms with Crippen LogP contribution in [-0.2, 0) is 16.3 Å². The van der Waals surface area contributed by atoms with E-state index in [1.54, 1.807) is 12.1 Å². The monoisotopic (exact) mass is 360 g/mol. The Morgan fingerprint density at radius 3 is 2.64 bits per heavy atom. The van der Waals surface area contributed by atoms with Crippen molar-refractivity contribution in [1.29, 1.82) is 0 Å². The molecular formula is C17H16N2O5S. The van der Waals surface area contributed by atoms with Gasteiger partial charge in [-0.3, -0.25) is 14.9 Å². The van der Waals surface area contributed by atoms with Crippen molar-refractivity contribution in [1.82, 2.24) is 0 Å². The largest absolute Gasteiger partial charge is 0.308 e. The zero-order valence-corrected chi connectivity index (χ0v) is 14.3. The predicted octanol–water partition coefficient (Wildman–Crippen LogP) is 2.59. The number of carbonyl (C=O) groups excluding carboxylic acids is 1. The molecular weight excluding hydrogens is 344 g/mol. The van der Waals surface area contributed by atoms with Gasteiger partial charge in [0.25, 0.3) is 11.6 Å². The van der Waals surface area contributed by atoms with Crippen LogP contribution in [-0.4, -0.2) is 32.0 Å². The lowest BCUT2D eigenvalue weighted by Crippen LogP contribution is -2.35. The lowest BCUT2D eigenvalue weighted by Gasteiger charge is -2.29. The van der Waals surface area contributed by atoms with Gasteiger partial charge in [-0.05, 0) is 36.6 Å². The van der Waals surface area contributed by atoms with Crippen LogP contribution in [0.25, 0.3) is 0 Å². The van der Waals surface area contributed by atoms with Gasteiger partial charge in [-0.2, -0.15) is 0 Å². The highest BCUT2D eigenvalue weighted by Gasteiger charge is 2.26. The molecule has 8 heteroatoms. The first-order valence-corrected chi connectivity index (χ1v) is 9.56. The Balaban J connectivity index is 2.03. The third-order valence-corrected chi connectivity index (χ3v) is 5.26. The molecule has 2 aromatic carbocycles. The zero-order chi connectivity index (χ0) is 18.2. The van der Waals surface area contributed by atoms with E-state index in [0.717, 1.165) is 24.7 Å². The number of hydrogen-bond donors (Lipinski definition) is 0. The van der Waals surface area contributed by atoms with Crippen molar-refractivity contribution in [2.45, 2.75) is 17.7 Å². The molecule has 0 radical (unpaired) electrons. The first kappa shape index (κ1) is 17.1. The molecule has 1 aliphatic rings. The Labute approximate surface area is 145 Å². The van der Waals surface area contributed by atoms with Crippen molar-refractivity contribution in [3.8, 4) is 0 Å². The summed E-state index contributed by atoms with van der Waals surface area (Å²) in [6.07, 6.45) is 2.55. The number of non-ortho nitro benzene ring substituents is 1. The van der Waals surface area contributed by atoms with Crippen LogP contribution in [0, 0.1) is 10.1 Å². The van der Waals surface area contributed by atoms with Crippen molar-refractivity contribution in [2.75, 3.05) is 17.7 Å². The number of nitro groups is 1. The van der Waals surface area contributed by atoms with E-state index in [9.17, 15) is 23.3 Å². The second kappa shape index (κ2) is 6.29. The summed E-state index contributed by atoms with van der Waals surface area (Å²) in [4.78, 5) is 25.0.